The van der Waals surface area contributed by atoms with E-state index in [0.29, 0.717) is 18.5 Å². The van der Waals surface area contributed by atoms with Crippen LogP contribution in [0.4, 0.5) is 4.79 Å². The molecule has 128 valence electrons. The molecule has 1 saturated carbocycles. The predicted octanol–water partition coefficient (Wildman–Crippen LogP) is 2.48. The fourth-order valence-corrected chi connectivity index (χ4v) is 2.87. The third kappa shape index (κ3) is 7.64. The van der Waals surface area contributed by atoms with Crippen LogP contribution in [-0.4, -0.2) is 53.8 Å². The smallest absolute Gasteiger partial charge is 0.407 e. The standard InChI is InChI=1S/C16H30N2O4/c1-16(2,3)22-15(21)17-9-10-18(4)13-7-5-12(6-8-13)11-14(19)20/h12-13H,5-11H2,1-4H3,(H,17,21)(H,19,20). The van der Waals surface area contributed by atoms with Crippen molar-refractivity contribution < 1.29 is 19.4 Å². The first-order chi connectivity index (χ1) is 10.2. The molecule has 1 aliphatic carbocycles. The molecule has 0 radical (unpaired) electrons. The minimum absolute atomic E-state index is 0.288. The lowest BCUT2D eigenvalue weighted by Gasteiger charge is -2.34. The molecular formula is C16H30N2O4. The van der Waals surface area contributed by atoms with Crippen molar-refractivity contribution in [3.63, 3.8) is 0 Å². The Bertz CT molecular complexity index is 371. The van der Waals surface area contributed by atoms with Gasteiger partial charge in [0.1, 0.15) is 5.60 Å². The number of hydrogen-bond donors (Lipinski definition) is 2. The van der Waals surface area contributed by atoms with Gasteiger partial charge in [0, 0.05) is 25.6 Å². The third-order valence-corrected chi connectivity index (χ3v) is 4.04. The topological polar surface area (TPSA) is 78.9 Å². The fraction of sp³-hybridized carbons (Fsp3) is 0.875. The van der Waals surface area contributed by atoms with Gasteiger partial charge >= 0.3 is 12.1 Å². The molecule has 0 saturated heterocycles. The second-order valence-electron chi connectivity index (χ2n) is 7.18. The summed E-state index contributed by atoms with van der Waals surface area (Å²) in [5.41, 5.74) is -0.474. The van der Waals surface area contributed by atoms with Crippen LogP contribution in [0, 0.1) is 5.92 Å². The van der Waals surface area contributed by atoms with E-state index < -0.39 is 11.6 Å². The van der Waals surface area contributed by atoms with E-state index in [0.717, 1.165) is 32.2 Å². The molecule has 1 fully saturated rings. The summed E-state index contributed by atoms with van der Waals surface area (Å²) in [6.07, 6.45) is 3.91. The summed E-state index contributed by atoms with van der Waals surface area (Å²) >= 11 is 0. The van der Waals surface area contributed by atoms with Crippen LogP contribution in [0.15, 0.2) is 0 Å². The number of carbonyl (C=O) groups excluding carboxylic acids is 1. The van der Waals surface area contributed by atoms with Crippen LogP contribution < -0.4 is 5.32 Å². The van der Waals surface area contributed by atoms with E-state index in [4.69, 9.17) is 9.84 Å². The van der Waals surface area contributed by atoms with Crippen molar-refractivity contribution in [2.75, 3.05) is 20.1 Å². The second kappa shape index (κ2) is 8.36. The third-order valence-electron chi connectivity index (χ3n) is 4.04. The highest BCUT2D eigenvalue weighted by atomic mass is 16.6. The van der Waals surface area contributed by atoms with Crippen molar-refractivity contribution in [1.29, 1.82) is 0 Å². The zero-order chi connectivity index (χ0) is 16.8. The van der Waals surface area contributed by atoms with Crippen LogP contribution in [0.25, 0.3) is 0 Å². The number of carboxylic acid groups (broad SMARTS) is 1. The molecule has 1 aliphatic rings. The van der Waals surface area contributed by atoms with Crippen molar-refractivity contribution in [2.24, 2.45) is 5.92 Å². The Balaban J connectivity index is 2.20. The molecule has 2 N–H and O–H groups in total. The van der Waals surface area contributed by atoms with Gasteiger partial charge in [-0.05, 0) is 59.4 Å². The number of carbonyl (C=O) groups is 2. The van der Waals surface area contributed by atoms with Gasteiger partial charge in [0.15, 0.2) is 0 Å². The normalized spacial score (nSPS) is 22.4. The summed E-state index contributed by atoms with van der Waals surface area (Å²) in [4.78, 5) is 24.5. The molecule has 0 aliphatic heterocycles. The Labute approximate surface area is 133 Å². The van der Waals surface area contributed by atoms with Crippen molar-refractivity contribution in [1.82, 2.24) is 10.2 Å². The minimum atomic E-state index is -0.696. The molecule has 6 heteroatoms. The average molecular weight is 314 g/mol. The van der Waals surface area contributed by atoms with Gasteiger partial charge in [-0.15, -0.1) is 0 Å². The number of rotatable bonds is 6. The molecule has 0 atom stereocenters. The van der Waals surface area contributed by atoms with Crippen molar-refractivity contribution in [2.45, 2.75) is 64.5 Å². The summed E-state index contributed by atoms with van der Waals surface area (Å²) in [6.45, 7) is 6.85. The zero-order valence-electron chi connectivity index (χ0n) is 14.2. The highest BCUT2D eigenvalue weighted by Gasteiger charge is 2.25. The van der Waals surface area contributed by atoms with E-state index in [-0.39, 0.29) is 12.5 Å². The molecule has 0 aromatic heterocycles. The lowest BCUT2D eigenvalue weighted by atomic mass is 9.83. The maximum absolute atomic E-state index is 11.6. The highest BCUT2D eigenvalue weighted by molar-refractivity contribution is 5.67. The van der Waals surface area contributed by atoms with Crippen molar-refractivity contribution >= 4 is 12.1 Å². The van der Waals surface area contributed by atoms with Gasteiger partial charge in [-0.3, -0.25) is 4.79 Å². The highest BCUT2D eigenvalue weighted by Crippen LogP contribution is 2.29. The number of aliphatic carboxylic acids is 1. The summed E-state index contributed by atoms with van der Waals surface area (Å²) in [7, 11) is 2.05. The number of ether oxygens (including phenoxy) is 1. The molecule has 0 aromatic carbocycles. The van der Waals surface area contributed by atoms with Crippen molar-refractivity contribution in [3.8, 4) is 0 Å². The average Bonchev–Trinajstić information content (AvgIpc) is 2.36. The maximum atomic E-state index is 11.6. The number of alkyl carbamates (subject to hydrolysis) is 1. The van der Waals surface area contributed by atoms with Gasteiger partial charge in [-0.1, -0.05) is 0 Å². The summed E-state index contributed by atoms with van der Waals surface area (Å²) in [6, 6.07) is 0.477. The Hall–Kier alpha value is -1.30. The number of amides is 1. The Kier molecular flexibility index (Phi) is 7.13. The number of carboxylic acids is 1. The van der Waals surface area contributed by atoms with E-state index in [1.54, 1.807) is 0 Å². The first-order valence-electron chi connectivity index (χ1n) is 8.06. The van der Waals surface area contributed by atoms with E-state index in [1.807, 2.05) is 20.8 Å². The molecule has 6 nitrogen and oxygen atoms in total. The molecule has 22 heavy (non-hydrogen) atoms. The van der Waals surface area contributed by atoms with E-state index in [1.165, 1.54) is 0 Å². The minimum Gasteiger partial charge on any atom is -0.481 e. The molecule has 0 heterocycles. The molecule has 1 amide bonds. The number of likely N-dealkylation sites (N-methyl/N-ethyl adjacent to an activating group) is 1. The van der Waals surface area contributed by atoms with E-state index in [9.17, 15) is 9.59 Å². The van der Waals surface area contributed by atoms with Gasteiger partial charge in [-0.25, -0.2) is 4.79 Å². The monoisotopic (exact) mass is 314 g/mol. The summed E-state index contributed by atoms with van der Waals surface area (Å²) in [5.74, 6) is -0.375. The SMILES string of the molecule is CN(CCNC(=O)OC(C)(C)C)C1CCC(CC(=O)O)CC1. The van der Waals surface area contributed by atoms with Gasteiger partial charge < -0.3 is 20.1 Å². The van der Waals surface area contributed by atoms with Crippen LogP contribution in [0.2, 0.25) is 0 Å². The second-order valence-corrected chi connectivity index (χ2v) is 7.18. The Morgan fingerprint density at radius 3 is 2.32 bits per heavy atom. The van der Waals surface area contributed by atoms with Crippen molar-refractivity contribution in [3.05, 3.63) is 0 Å². The lowest BCUT2D eigenvalue weighted by molar-refractivity contribution is -0.138. The van der Waals surface area contributed by atoms with Gasteiger partial charge in [0.25, 0.3) is 0 Å². The van der Waals surface area contributed by atoms with Crippen LogP contribution in [-0.2, 0) is 9.53 Å². The van der Waals surface area contributed by atoms with Crippen LogP contribution in [0.5, 0.6) is 0 Å². The molecule has 0 unspecified atom stereocenters. The first kappa shape index (κ1) is 18.7. The fourth-order valence-electron chi connectivity index (χ4n) is 2.87. The Morgan fingerprint density at radius 1 is 1.23 bits per heavy atom. The predicted molar refractivity (Wildman–Crippen MR) is 84.9 cm³/mol. The number of hydrogen-bond acceptors (Lipinski definition) is 4. The Morgan fingerprint density at radius 2 is 1.82 bits per heavy atom. The van der Waals surface area contributed by atoms with E-state index >= 15 is 0 Å². The largest absolute Gasteiger partial charge is 0.481 e. The lowest BCUT2D eigenvalue weighted by Crippen LogP contribution is -2.41. The molecule has 0 aromatic rings. The van der Waals surface area contributed by atoms with Gasteiger partial charge in [0.2, 0.25) is 0 Å². The number of nitrogens with one attached hydrogen (secondary N) is 1. The molecule has 0 bridgehead atoms. The number of nitrogens with zero attached hydrogens (tertiary/aromatic N) is 1. The molecular weight excluding hydrogens is 284 g/mol. The van der Waals surface area contributed by atoms with Crippen LogP contribution in [0.3, 0.4) is 0 Å². The maximum Gasteiger partial charge on any atom is 0.407 e. The summed E-state index contributed by atoms with van der Waals surface area (Å²) < 4.78 is 5.19. The zero-order valence-corrected chi connectivity index (χ0v) is 14.2. The van der Waals surface area contributed by atoms with Gasteiger partial charge in [-0.2, -0.15) is 0 Å². The van der Waals surface area contributed by atoms with E-state index in [2.05, 4.69) is 17.3 Å². The molecule has 1 rings (SSSR count). The van der Waals surface area contributed by atoms with Crippen LogP contribution >= 0.6 is 0 Å². The summed E-state index contributed by atoms with van der Waals surface area (Å²) in [5, 5.41) is 11.6. The quantitative estimate of drug-likeness (QED) is 0.787. The van der Waals surface area contributed by atoms with Gasteiger partial charge in [0.05, 0.1) is 0 Å². The van der Waals surface area contributed by atoms with Crippen LogP contribution in [0.1, 0.15) is 52.9 Å². The molecule has 0 spiro atoms. The first-order valence-corrected chi connectivity index (χ1v) is 8.06.